The maximum atomic E-state index is 9.66. The fourth-order valence-electron chi connectivity index (χ4n) is 3.04. The molecule has 0 aliphatic heterocycles. The van der Waals surface area contributed by atoms with Gasteiger partial charge in [-0.3, -0.25) is 0 Å². The Morgan fingerprint density at radius 2 is 2.05 bits per heavy atom. The molecule has 0 amide bonds. The lowest BCUT2D eigenvalue weighted by Crippen LogP contribution is -2.46. The molecule has 20 heavy (non-hydrogen) atoms. The molecule has 1 saturated carbocycles. The molecular weight excluding hydrogens is 266 g/mol. The Morgan fingerprint density at radius 3 is 2.60 bits per heavy atom. The van der Waals surface area contributed by atoms with E-state index >= 15 is 0 Å². The number of hydrogen-bond acceptors (Lipinski definition) is 3. The minimum Gasteiger partial charge on any atom is -0.394 e. The van der Waals surface area contributed by atoms with Crippen molar-refractivity contribution >= 4 is 11.8 Å². The van der Waals surface area contributed by atoms with Crippen LogP contribution in [-0.4, -0.2) is 29.0 Å². The lowest BCUT2D eigenvalue weighted by atomic mass is 9.99. The van der Waals surface area contributed by atoms with Crippen molar-refractivity contribution in [2.24, 2.45) is 0 Å². The van der Waals surface area contributed by atoms with Gasteiger partial charge >= 0.3 is 0 Å². The molecule has 1 aliphatic carbocycles. The molecule has 112 valence electrons. The first-order chi connectivity index (χ1) is 9.58. The number of likely N-dealkylation sites (N-methyl/N-ethyl adjacent to an activating group) is 1. The highest BCUT2D eigenvalue weighted by Gasteiger charge is 2.38. The van der Waals surface area contributed by atoms with Crippen LogP contribution in [0.1, 0.15) is 51.5 Å². The number of thioether (sulfide) groups is 1. The highest BCUT2D eigenvalue weighted by Crippen LogP contribution is 2.40. The van der Waals surface area contributed by atoms with Gasteiger partial charge in [-0.2, -0.15) is 0 Å². The van der Waals surface area contributed by atoms with E-state index in [2.05, 4.69) is 50.4 Å². The lowest BCUT2D eigenvalue weighted by molar-refractivity contribution is 0.167. The maximum Gasteiger partial charge on any atom is 0.0613 e. The number of aliphatic hydroxyl groups excluding tert-OH is 1. The summed E-state index contributed by atoms with van der Waals surface area (Å²) in [5, 5.41) is 13.8. The first-order valence-corrected chi connectivity index (χ1v) is 8.59. The Morgan fingerprint density at radius 1 is 1.35 bits per heavy atom. The molecule has 0 saturated heterocycles. The summed E-state index contributed by atoms with van der Waals surface area (Å²) in [6.45, 7) is 7.75. The number of benzene rings is 1. The first kappa shape index (κ1) is 15.9. The van der Waals surface area contributed by atoms with E-state index in [1.165, 1.54) is 16.9 Å². The van der Waals surface area contributed by atoms with Crippen LogP contribution in [0.5, 0.6) is 0 Å². The van der Waals surface area contributed by atoms with Gasteiger partial charge in [0.25, 0.3) is 0 Å². The molecule has 1 aromatic carbocycles. The molecule has 0 bridgehead atoms. The van der Waals surface area contributed by atoms with Crippen LogP contribution in [0.3, 0.4) is 0 Å². The van der Waals surface area contributed by atoms with Gasteiger partial charge in [-0.05, 0) is 49.4 Å². The van der Waals surface area contributed by atoms with Crippen LogP contribution in [0.25, 0.3) is 0 Å². The largest absolute Gasteiger partial charge is 0.394 e. The van der Waals surface area contributed by atoms with Gasteiger partial charge < -0.3 is 10.4 Å². The average Bonchev–Trinajstić information content (AvgIpc) is 2.83. The number of hydrogen-bond donors (Lipinski definition) is 2. The molecule has 0 spiro atoms. The molecule has 0 aromatic heterocycles. The Balaban J connectivity index is 1.94. The quantitative estimate of drug-likeness (QED) is 0.837. The Hall–Kier alpha value is -0.510. The monoisotopic (exact) mass is 293 g/mol. The van der Waals surface area contributed by atoms with Crippen molar-refractivity contribution in [3.8, 4) is 0 Å². The van der Waals surface area contributed by atoms with Gasteiger partial charge in [-0.25, -0.2) is 0 Å². The van der Waals surface area contributed by atoms with Gasteiger partial charge in [0.15, 0.2) is 0 Å². The Labute approximate surface area is 127 Å². The van der Waals surface area contributed by atoms with Gasteiger partial charge in [0.2, 0.25) is 0 Å². The van der Waals surface area contributed by atoms with Gasteiger partial charge in [0.05, 0.1) is 6.61 Å². The molecule has 1 aromatic rings. The number of nitrogens with one attached hydrogen (secondary N) is 1. The van der Waals surface area contributed by atoms with E-state index in [1.54, 1.807) is 0 Å². The maximum absolute atomic E-state index is 9.66. The highest BCUT2D eigenvalue weighted by atomic mass is 32.2. The van der Waals surface area contributed by atoms with E-state index in [0.717, 1.165) is 19.4 Å². The second kappa shape index (κ2) is 6.97. The van der Waals surface area contributed by atoms with Crippen molar-refractivity contribution in [3.63, 3.8) is 0 Å². The van der Waals surface area contributed by atoms with Crippen LogP contribution >= 0.6 is 11.8 Å². The average molecular weight is 293 g/mol. The zero-order chi connectivity index (χ0) is 14.6. The Bertz CT molecular complexity index is 418. The third-order valence-electron chi connectivity index (χ3n) is 4.27. The van der Waals surface area contributed by atoms with Crippen molar-refractivity contribution in [3.05, 3.63) is 29.8 Å². The molecular formula is C17H27NOS. The van der Waals surface area contributed by atoms with E-state index in [9.17, 15) is 5.11 Å². The summed E-state index contributed by atoms with van der Waals surface area (Å²) in [6, 6.07) is 8.97. The van der Waals surface area contributed by atoms with E-state index in [-0.39, 0.29) is 12.1 Å². The predicted molar refractivity (Wildman–Crippen MR) is 87.5 cm³/mol. The van der Waals surface area contributed by atoms with Crippen LogP contribution in [0.15, 0.2) is 29.2 Å². The summed E-state index contributed by atoms with van der Waals surface area (Å²) in [5.41, 5.74) is 1.36. The standard InChI is InChI=1S/C17H27NOS/c1-4-18-17(12-19)10-9-16(11-17)20-15-7-5-14(6-8-15)13(2)3/h5-8,13,16,18-19H,4,9-12H2,1-3H3. The van der Waals surface area contributed by atoms with Gasteiger partial charge in [0, 0.05) is 15.7 Å². The summed E-state index contributed by atoms with van der Waals surface area (Å²) < 4.78 is 0. The van der Waals surface area contributed by atoms with Crippen LogP contribution in [-0.2, 0) is 0 Å². The summed E-state index contributed by atoms with van der Waals surface area (Å²) in [7, 11) is 0. The fourth-order valence-corrected chi connectivity index (χ4v) is 4.35. The molecule has 0 radical (unpaired) electrons. The minimum absolute atomic E-state index is 0.0374. The summed E-state index contributed by atoms with van der Waals surface area (Å²) in [4.78, 5) is 1.35. The molecule has 1 fully saturated rings. The third kappa shape index (κ3) is 3.78. The summed E-state index contributed by atoms with van der Waals surface area (Å²) in [6.07, 6.45) is 3.33. The normalized spacial score (nSPS) is 26.4. The molecule has 2 rings (SSSR count). The third-order valence-corrected chi connectivity index (χ3v) is 5.55. The second-order valence-corrected chi connectivity index (χ2v) is 7.55. The zero-order valence-corrected chi connectivity index (χ0v) is 13.7. The van der Waals surface area contributed by atoms with E-state index < -0.39 is 0 Å². The van der Waals surface area contributed by atoms with Gasteiger partial charge in [0.1, 0.15) is 0 Å². The fraction of sp³-hybridized carbons (Fsp3) is 0.647. The van der Waals surface area contributed by atoms with Crippen molar-refractivity contribution in [2.75, 3.05) is 13.2 Å². The van der Waals surface area contributed by atoms with Crippen LogP contribution in [0.2, 0.25) is 0 Å². The van der Waals surface area contributed by atoms with Gasteiger partial charge in [-0.15, -0.1) is 11.8 Å². The molecule has 2 unspecified atom stereocenters. The van der Waals surface area contributed by atoms with Crippen LogP contribution in [0, 0.1) is 0 Å². The molecule has 3 heteroatoms. The van der Waals surface area contributed by atoms with Crippen molar-refractivity contribution < 1.29 is 5.11 Å². The molecule has 1 aliphatic rings. The lowest BCUT2D eigenvalue weighted by Gasteiger charge is -2.28. The minimum atomic E-state index is -0.0374. The SMILES string of the molecule is CCNC1(CO)CCC(Sc2ccc(C(C)C)cc2)C1. The summed E-state index contributed by atoms with van der Waals surface area (Å²) >= 11 is 1.96. The van der Waals surface area contributed by atoms with Gasteiger partial charge in [-0.1, -0.05) is 32.9 Å². The second-order valence-electron chi connectivity index (χ2n) is 6.18. The zero-order valence-electron chi connectivity index (χ0n) is 12.9. The van der Waals surface area contributed by atoms with E-state index in [4.69, 9.17) is 0 Å². The van der Waals surface area contributed by atoms with Crippen molar-refractivity contribution in [1.82, 2.24) is 5.32 Å². The first-order valence-electron chi connectivity index (χ1n) is 7.71. The molecule has 2 atom stereocenters. The summed E-state index contributed by atoms with van der Waals surface area (Å²) in [5.74, 6) is 0.594. The number of aliphatic hydroxyl groups is 1. The van der Waals surface area contributed by atoms with Crippen LogP contribution < -0.4 is 5.32 Å². The van der Waals surface area contributed by atoms with E-state index in [1.807, 2.05) is 11.8 Å². The molecule has 2 N–H and O–H groups in total. The predicted octanol–water partition coefficient (Wildman–Crippen LogP) is 3.80. The Kier molecular flexibility index (Phi) is 5.53. The smallest absolute Gasteiger partial charge is 0.0613 e. The molecule has 2 nitrogen and oxygen atoms in total. The number of rotatable bonds is 6. The van der Waals surface area contributed by atoms with Crippen molar-refractivity contribution in [1.29, 1.82) is 0 Å². The van der Waals surface area contributed by atoms with E-state index in [0.29, 0.717) is 11.2 Å². The molecule has 0 heterocycles. The topological polar surface area (TPSA) is 32.3 Å². The van der Waals surface area contributed by atoms with Crippen molar-refractivity contribution in [2.45, 2.75) is 61.6 Å². The highest BCUT2D eigenvalue weighted by molar-refractivity contribution is 8.00. The van der Waals surface area contributed by atoms with Crippen LogP contribution in [0.4, 0.5) is 0 Å².